The van der Waals surface area contributed by atoms with Crippen LogP contribution >= 0.6 is 0 Å². The van der Waals surface area contributed by atoms with Crippen molar-refractivity contribution in [1.82, 2.24) is 160 Å². The lowest BCUT2D eigenvalue weighted by Crippen LogP contribution is -2.30. The van der Waals surface area contributed by atoms with Gasteiger partial charge >= 0.3 is 0 Å². The van der Waals surface area contributed by atoms with Gasteiger partial charge < -0.3 is 55.5 Å². The highest BCUT2D eigenvalue weighted by Crippen LogP contribution is 2.37. The molecule has 0 saturated heterocycles. The largest absolute Gasteiger partial charge is 0.345 e. The Kier molecular flexibility index (Phi) is 27.1. The number of anilines is 3. The van der Waals surface area contributed by atoms with E-state index < -0.39 is 0 Å². The lowest BCUT2D eigenvalue weighted by molar-refractivity contribution is -0.119. The average Bonchev–Trinajstić information content (AvgIpc) is 1.63. The van der Waals surface area contributed by atoms with Crippen LogP contribution in [0.5, 0.6) is 0 Å². The number of hydrogen-bond donors (Lipinski definition) is 11. The van der Waals surface area contributed by atoms with Gasteiger partial charge in [0.1, 0.15) is 50.6 Å². The molecule has 0 spiro atoms. The second-order valence-electron chi connectivity index (χ2n) is 34.2. The highest BCUT2D eigenvalue weighted by molar-refractivity contribution is 6.10. The Labute approximate surface area is 801 Å². The maximum absolute atomic E-state index is 13.0. The summed E-state index contributed by atoms with van der Waals surface area (Å²) in [6, 6.07) is 17.1. The smallest absolute Gasteiger partial charge is 0.257 e. The van der Waals surface area contributed by atoms with Gasteiger partial charge in [0.15, 0.2) is 45.9 Å². The molecule has 0 aromatic carbocycles. The molecule has 0 atom stereocenters. The van der Waals surface area contributed by atoms with Gasteiger partial charge in [-0.1, -0.05) is 47.6 Å². The van der Waals surface area contributed by atoms with Crippen LogP contribution in [0.15, 0.2) is 172 Å². The molecule has 20 heterocycles. The van der Waals surface area contributed by atoms with Crippen LogP contribution in [0.2, 0.25) is 0 Å². The molecule has 0 bridgehead atoms. The highest BCUT2D eigenvalue weighted by atomic mass is 16.2. The molecule has 0 aliphatic carbocycles. The molecule has 0 aliphatic heterocycles. The topological polar surface area (TPSA) is 570 Å². The first kappa shape index (κ1) is 94.3. The summed E-state index contributed by atoms with van der Waals surface area (Å²) in [5, 5.41) is 40.8. The SMILES string of the molecule is CC(C)C(=O)Nc1cncc(-c2cnc3n[nH]c(-c4nc5c(C(=O)N(C)C)cncc5[nH]4)c3c2)c1.CC(C)CC(=O)Nc1cncc(-c2cnc3n[nH]c(-c4nc5c(C(=O)N(C)C)cncc5[nH]4)c3c2)c1.CCC(=O)Cc1ccc(-c2cnc3n[nH]c(-c4nc5c(C(=O)N(C)C)cncc5[nH]4)c3c2)cn1.CCC(=O)Nc1cncc(-c2cnc3n[nH]c(-c4nc5c(C(=O)N(CC)CC)cncc5[nH]4)c3c2)c1. The van der Waals surface area contributed by atoms with Gasteiger partial charge in [-0.15, -0.1) is 0 Å². The van der Waals surface area contributed by atoms with E-state index in [1.165, 1.54) is 33.3 Å². The first-order chi connectivity index (χ1) is 68.1. The van der Waals surface area contributed by atoms with Gasteiger partial charge in [0, 0.05) is 212 Å². The van der Waals surface area contributed by atoms with Crippen molar-refractivity contribution in [2.24, 2.45) is 11.8 Å². The number of Topliss-reactive ketones (excluding diaryl/α,β-unsaturated/α-hetero) is 1. The predicted octanol–water partition coefficient (Wildman–Crippen LogP) is 13.9. The summed E-state index contributed by atoms with van der Waals surface area (Å²) < 4.78 is 0. The van der Waals surface area contributed by atoms with Gasteiger partial charge in [0.05, 0.1) is 126 Å². The number of nitrogens with zero attached hydrogens (tertiary/aromatic N) is 24. The number of imidazole rings is 4. The van der Waals surface area contributed by atoms with Gasteiger partial charge in [0.25, 0.3) is 23.6 Å². The minimum Gasteiger partial charge on any atom is -0.345 e. The number of hydrogen-bond acceptors (Lipinski definition) is 28. The molecular weight excluding hydrogens is 1800 g/mol. The van der Waals surface area contributed by atoms with E-state index in [1.807, 2.05) is 103 Å². The summed E-state index contributed by atoms with van der Waals surface area (Å²) in [4.78, 5) is 188. The maximum Gasteiger partial charge on any atom is 0.257 e. The minimum absolute atomic E-state index is 0.0545. The van der Waals surface area contributed by atoms with E-state index in [0.29, 0.717) is 191 Å². The van der Waals surface area contributed by atoms with E-state index >= 15 is 0 Å². The van der Waals surface area contributed by atoms with Crippen LogP contribution in [0.3, 0.4) is 0 Å². The highest BCUT2D eigenvalue weighted by Gasteiger charge is 2.27. The summed E-state index contributed by atoms with van der Waals surface area (Å²) in [6.45, 7) is 16.4. The van der Waals surface area contributed by atoms with Gasteiger partial charge in [0.2, 0.25) is 17.7 Å². The molecular formula is C98H95N35O8. The number of carbonyl (C=O) groups excluding carboxylic acids is 8. The number of ketones is 1. The van der Waals surface area contributed by atoms with E-state index in [1.54, 1.807) is 153 Å². The third-order valence-electron chi connectivity index (χ3n) is 22.8. The Morgan fingerprint density at radius 3 is 0.950 bits per heavy atom. The van der Waals surface area contributed by atoms with Crippen LogP contribution in [0.1, 0.15) is 122 Å². The second kappa shape index (κ2) is 40.6. The molecule has 0 saturated carbocycles. The van der Waals surface area contributed by atoms with Crippen LogP contribution in [0.4, 0.5) is 17.1 Å². The van der Waals surface area contributed by atoms with Crippen molar-refractivity contribution in [3.63, 3.8) is 0 Å². The summed E-state index contributed by atoms with van der Waals surface area (Å²) in [6.07, 6.45) is 32.8. The molecule has 7 amide bonds. The van der Waals surface area contributed by atoms with E-state index in [9.17, 15) is 38.4 Å². The Hall–Kier alpha value is -18.5. The van der Waals surface area contributed by atoms with E-state index in [-0.39, 0.29) is 59.0 Å². The van der Waals surface area contributed by atoms with Crippen molar-refractivity contribution in [3.8, 4) is 90.6 Å². The van der Waals surface area contributed by atoms with Crippen molar-refractivity contribution in [2.75, 3.05) is 71.3 Å². The second-order valence-corrected chi connectivity index (χ2v) is 34.2. The number of aromatic amines is 8. The van der Waals surface area contributed by atoms with Crippen LogP contribution in [0.25, 0.3) is 179 Å². The van der Waals surface area contributed by atoms with Gasteiger partial charge in [-0.05, 0) is 68.3 Å². The molecule has 0 fully saturated rings. The number of amides is 7. The standard InChI is InChI=1S/2C25H25N9O2.C24H23N9O2.C24H22N8O2/c1-13(2)5-20(35)29-16-6-14(8-26-10-16)15-7-17-22(32-33-23(17)28-9-15)24-30-19-12-27-11-18(21(19)31-24)25(36)34(3)4;1-4-20(35)29-16-7-14(9-26-11-16)15-8-17-22(32-33-23(17)28-10-15)24-30-19-13-27-12-18(21(19)31-24)25(36)34(5-2)6-3;1-12(2)23(34)28-15-5-13(7-25-9-15)14-6-16-20(31-32-21(16)27-8-14)22-29-18-11-26-10-17(19(18)30-22)24(35)33(3)4;1-4-16(33)8-15-6-5-13(9-26-15)14-7-17-21(30-31-22(17)27-10-14)23-28-19-12-25-11-18(20(19)29-23)24(34)32(2)3/h6-13H,5H2,1-4H3,(H,29,35)(H,30,31)(H,28,32,33);7-13H,4-6H2,1-3H3,(H,29,35)(H,30,31)(H,28,32,33);5-12H,1-4H3,(H,28,34)(H,29,30)(H,27,31,32);5-7,9-12H,4,8H2,1-3H3,(H,28,29)(H,27,30,31). The molecule has 710 valence electrons. The van der Waals surface area contributed by atoms with Crippen molar-refractivity contribution in [1.29, 1.82) is 0 Å². The molecule has 20 aromatic heterocycles. The fourth-order valence-electron chi connectivity index (χ4n) is 15.3. The Morgan fingerprint density at radius 1 is 0.333 bits per heavy atom. The quantitative estimate of drug-likeness (QED) is 0.0268. The number of carbonyl (C=O) groups is 8. The molecule has 0 radical (unpaired) electrons. The molecule has 141 heavy (non-hydrogen) atoms. The van der Waals surface area contributed by atoms with Crippen LogP contribution < -0.4 is 16.0 Å². The molecule has 0 aliphatic rings. The monoisotopic (exact) mass is 1890 g/mol. The Morgan fingerprint density at radius 2 is 0.645 bits per heavy atom. The lowest BCUT2D eigenvalue weighted by Gasteiger charge is -2.18. The van der Waals surface area contributed by atoms with Crippen molar-refractivity contribution < 1.29 is 38.4 Å². The summed E-state index contributed by atoms with van der Waals surface area (Å²) >= 11 is 0. The zero-order chi connectivity index (χ0) is 99.1. The van der Waals surface area contributed by atoms with Crippen LogP contribution in [-0.4, -0.2) is 263 Å². The maximum atomic E-state index is 13.0. The van der Waals surface area contributed by atoms with Crippen molar-refractivity contribution >= 4 is 152 Å². The number of pyridine rings is 12. The molecule has 11 N–H and O–H groups in total. The van der Waals surface area contributed by atoms with Gasteiger partial charge in [-0.25, -0.2) is 39.9 Å². The van der Waals surface area contributed by atoms with Gasteiger partial charge in [-0.3, -0.25) is 98.6 Å². The number of rotatable bonds is 24. The number of nitrogens with one attached hydrogen (secondary N) is 11. The fourth-order valence-corrected chi connectivity index (χ4v) is 15.3. The molecule has 43 heteroatoms. The third-order valence-corrected chi connectivity index (χ3v) is 22.8. The Balaban J connectivity index is 0.000000130. The van der Waals surface area contributed by atoms with E-state index in [0.717, 1.165) is 71.7 Å². The molecule has 20 aromatic rings. The number of H-pyrrole nitrogens is 8. The van der Waals surface area contributed by atoms with Crippen LogP contribution in [-0.2, 0) is 25.6 Å². The fraction of sp³-hybridized carbons (Fsp3) is 0.224. The first-order valence-corrected chi connectivity index (χ1v) is 45.0. The lowest BCUT2D eigenvalue weighted by atomic mass is 10.1. The molecule has 20 rings (SSSR count). The normalized spacial score (nSPS) is 11.3. The van der Waals surface area contributed by atoms with Gasteiger partial charge in [-0.2, -0.15) is 20.4 Å². The Bertz CT molecular complexity index is 8190. The third kappa shape index (κ3) is 20.1. The summed E-state index contributed by atoms with van der Waals surface area (Å²) in [5.41, 5.74) is 20.2. The number of fused-ring (bicyclic) bond motifs is 8. The summed E-state index contributed by atoms with van der Waals surface area (Å²) in [7, 11) is 10.1. The van der Waals surface area contributed by atoms with Crippen LogP contribution in [0, 0.1) is 11.8 Å². The first-order valence-electron chi connectivity index (χ1n) is 45.0. The zero-order valence-corrected chi connectivity index (χ0v) is 79.1. The predicted molar refractivity (Wildman–Crippen MR) is 531 cm³/mol. The number of aromatic nitrogens is 28. The van der Waals surface area contributed by atoms with Crippen molar-refractivity contribution in [2.45, 2.75) is 81.1 Å². The summed E-state index contributed by atoms with van der Waals surface area (Å²) in [5.74, 6) is 1.48. The molecule has 43 nitrogen and oxygen atoms in total. The van der Waals surface area contributed by atoms with Crippen molar-refractivity contribution in [3.05, 3.63) is 200 Å². The van der Waals surface area contributed by atoms with E-state index in [4.69, 9.17) is 4.98 Å². The van der Waals surface area contributed by atoms with E-state index in [2.05, 4.69) is 151 Å². The zero-order valence-electron chi connectivity index (χ0n) is 79.1. The molecule has 0 unspecified atom stereocenters. The minimum atomic E-state index is -0.184. The average molecular weight is 1890 g/mol.